The Labute approximate surface area is 148 Å². The number of hydrogen-bond donors (Lipinski definition) is 1. The first kappa shape index (κ1) is 16.1. The second-order valence-electron chi connectivity index (χ2n) is 6.19. The molecule has 3 aliphatic rings. The number of halogens is 1. The molecule has 130 valence electrons. The molecule has 0 spiro atoms. The number of amidine groups is 1. The number of aliphatic imine (C=N–C) groups is 1. The van der Waals surface area contributed by atoms with Gasteiger partial charge in [-0.15, -0.1) is 0 Å². The zero-order valence-corrected chi connectivity index (χ0v) is 14.5. The fourth-order valence-electron chi connectivity index (χ4n) is 3.25. The molecule has 25 heavy (non-hydrogen) atoms. The van der Waals surface area contributed by atoms with E-state index in [1.54, 1.807) is 17.0 Å². The lowest BCUT2D eigenvalue weighted by Crippen LogP contribution is -2.37. The van der Waals surface area contributed by atoms with Crippen LogP contribution in [0.15, 0.2) is 39.9 Å². The molecule has 6 nitrogen and oxygen atoms in total. The van der Waals surface area contributed by atoms with Crippen LogP contribution >= 0.6 is 11.8 Å². The van der Waals surface area contributed by atoms with Crippen molar-refractivity contribution < 1.29 is 14.0 Å². The summed E-state index contributed by atoms with van der Waals surface area (Å²) >= 11 is 1.38. The van der Waals surface area contributed by atoms with Crippen molar-refractivity contribution in [3.05, 3.63) is 40.7 Å². The van der Waals surface area contributed by atoms with Gasteiger partial charge in [-0.3, -0.25) is 14.6 Å². The number of nitrogens with zero attached hydrogens (tertiary/aromatic N) is 3. The lowest BCUT2D eigenvalue weighted by Gasteiger charge is -2.17. The highest BCUT2D eigenvalue weighted by molar-refractivity contribution is 8.18. The zero-order valence-electron chi connectivity index (χ0n) is 13.7. The van der Waals surface area contributed by atoms with Crippen LogP contribution in [0.2, 0.25) is 0 Å². The molecule has 0 saturated carbocycles. The highest BCUT2D eigenvalue weighted by Crippen LogP contribution is 2.36. The van der Waals surface area contributed by atoms with Crippen LogP contribution in [-0.2, 0) is 9.59 Å². The third-order valence-corrected chi connectivity index (χ3v) is 5.75. The van der Waals surface area contributed by atoms with E-state index in [2.05, 4.69) is 10.3 Å². The van der Waals surface area contributed by atoms with Gasteiger partial charge in [0.2, 0.25) is 5.91 Å². The van der Waals surface area contributed by atoms with E-state index < -0.39 is 0 Å². The van der Waals surface area contributed by atoms with Crippen LogP contribution in [0.5, 0.6) is 0 Å². The minimum Gasteiger partial charge on any atom is -0.346 e. The van der Waals surface area contributed by atoms with E-state index in [0.717, 1.165) is 24.0 Å². The van der Waals surface area contributed by atoms with Crippen LogP contribution in [0, 0.1) is 5.82 Å². The third kappa shape index (κ3) is 2.90. The summed E-state index contributed by atoms with van der Waals surface area (Å²) in [6.07, 6.45) is 0.241. The van der Waals surface area contributed by atoms with E-state index >= 15 is 0 Å². The second kappa shape index (κ2) is 6.18. The fourth-order valence-corrected chi connectivity index (χ4v) is 4.34. The summed E-state index contributed by atoms with van der Waals surface area (Å²) in [6, 6.07) is 5.54. The van der Waals surface area contributed by atoms with E-state index in [4.69, 9.17) is 0 Å². The molecule has 1 aromatic rings. The lowest BCUT2D eigenvalue weighted by atomic mass is 10.2. The molecule has 0 radical (unpaired) electrons. The van der Waals surface area contributed by atoms with Crippen LogP contribution in [0.25, 0.3) is 0 Å². The second-order valence-corrected chi connectivity index (χ2v) is 7.17. The summed E-state index contributed by atoms with van der Waals surface area (Å²) in [4.78, 5) is 33.5. The van der Waals surface area contributed by atoms with Crippen LogP contribution in [0.1, 0.15) is 13.3 Å². The van der Waals surface area contributed by atoms with Gasteiger partial charge in [0.15, 0.2) is 5.17 Å². The number of hydrogen-bond acceptors (Lipinski definition) is 5. The van der Waals surface area contributed by atoms with Gasteiger partial charge in [0.05, 0.1) is 17.5 Å². The molecule has 3 aliphatic heterocycles. The minimum absolute atomic E-state index is 0.0771. The monoisotopic (exact) mass is 360 g/mol. The van der Waals surface area contributed by atoms with Gasteiger partial charge in [0.1, 0.15) is 5.82 Å². The zero-order chi connectivity index (χ0) is 17.6. The third-order valence-electron chi connectivity index (χ3n) is 4.53. The van der Waals surface area contributed by atoms with Crippen LogP contribution in [0.3, 0.4) is 0 Å². The quantitative estimate of drug-likeness (QED) is 0.891. The summed E-state index contributed by atoms with van der Waals surface area (Å²) in [5.74, 6) is -0.589. The van der Waals surface area contributed by atoms with Gasteiger partial charge in [-0.05, 0) is 43.0 Å². The van der Waals surface area contributed by atoms with Crippen LogP contribution in [-0.4, -0.2) is 47.6 Å². The van der Waals surface area contributed by atoms with Crippen molar-refractivity contribution >= 4 is 34.4 Å². The maximum absolute atomic E-state index is 13.0. The predicted octanol–water partition coefficient (Wildman–Crippen LogP) is 1.70. The first-order chi connectivity index (χ1) is 12.0. The van der Waals surface area contributed by atoms with Crippen molar-refractivity contribution in [3.8, 4) is 0 Å². The van der Waals surface area contributed by atoms with E-state index in [0.29, 0.717) is 17.1 Å². The normalized spacial score (nSPS) is 22.6. The fraction of sp³-hybridized carbons (Fsp3) is 0.353. The first-order valence-electron chi connectivity index (χ1n) is 8.10. The molecule has 8 heteroatoms. The summed E-state index contributed by atoms with van der Waals surface area (Å²) in [5, 5.41) is 3.82. The lowest BCUT2D eigenvalue weighted by molar-refractivity contribution is -0.118. The summed E-state index contributed by atoms with van der Waals surface area (Å²) < 4.78 is 13.0. The molecule has 1 fully saturated rings. The summed E-state index contributed by atoms with van der Waals surface area (Å²) in [7, 11) is 0. The molecule has 4 rings (SSSR count). The average molecular weight is 360 g/mol. The minimum atomic E-state index is -0.343. The molecule has 3 heterocycles. The van der Waals surface area contributed by atoms with E-state index in [9.17, 15) is 14.0 Å². The highest BCUT2D eigenvalue weighted by Gasteiger charge is 2.36. The maximum Gasteiger partial charge on any atom is 0.260 e. The Morgan fingerprint density at radius 1 is 1.32 bits per heavy atom. The van der Waals surface area contributed by atoms with Gasteiger partial charge in [-0.2, -0.15) is 0 Å². The topological polar surface area (TPSA) is 65.0 Å². The van der Waals surface area contributed by atoms with Gasteiger partial charge in [-0.25, -0.2) is 4.39 Å². The summed E-state index contributed by atoms with van der Waals surface area (Å²) in [6.45, 7) is 3.88. The number of rotatable bonds is 3. The van der Waals surface area contributed by atoms with E-state index in [1.807, 2.05) is 11.8 Å². The summed E-state index contributed by atoms with van der Waals surface area (Å²) in [5.41, 5.74) is 1.56. The van der Waals surface area contributed by atoms with Crippen molar-refractivity contribution in [3.63, 3.8) is 0 Å². The molecule has 1 N–H and O–H groups in total. The Kier molecular flexibility index (Phi) is 3.99. The molecule has 0 aromatic heterocycles. The molecule has 1 aromatic carbocycles. The number of benzene rings is 1. The molecule has 1 atom stereocenters. The molecule has 1 unspecified atom stereocenters. The smallest absolute Gasteiger partial charge is 0.260 e. The van der Waals surface area contributed by atoms with Crippen molar-refractivity contribution in [1.29, 1.82) is 0 Å². The van der Waals surface area contributed by atoms with Gasteiger partial charge in [0.25, 0.3) is 5.91 Å². The molecular formula is C17H17FN4O2S. The number of nitrogens with one attached hydrogen (secondary N) is 1. The van der Waals surface area contributed by atoms with Gasteiger partial charge < -0.3 is 15.1 Å². The Morgan fingerprint density at radius 2 is 2.08 bits per heavy atom. The van der Waals surface area contributed by atoms with Gasteiger partial charge in [0, 0.05) is 30.9 Å². The first-order valence-corrected chi connectivity index (χ1v) is 8.92. The highest BCUT2D eigenvalue weighted by atomic mass is 32.2. The van der Waals surface area contributed by atoms with Gasteiger partial charge in [-0.1, -0.05) is 0 Å². The molecule has 0 bridgehead atoms. The van der Waals surface area contributed by atoms with Crippen LogP contribution < -0.4 is 10.2 Å². The number of anilines is 1. The standard InChI is InChI=1S/C17H17FN4O2S/c1-10-15(25-17-19-6-7-21(10)17)16(24)20-12-8-14(23)22(9-12)13-4-2-11(18)3-5-13/h2-5,12H,6-9H2,1H3,(H,20,24). The molecular weight excluding hydrogens is 343 g/mol. The van der Waals surface area contributed by atoms with Crippen molar-refractivity contribution in [2.24, 2.45) is 4.99 Å². The predicted molar refractivity (Wildman–Crippen MR) is 94.6 cm³/mol. The van der Waals surface area contributed by atoms with Crippen molar-refractivity contribution in [1.82, 2.24) is 10.2 Å². The molecule has 1 saturated heterocycles. The molecule has 2 amide bonds. The number of allylic oxidation sites excluding steroid dienone is 1. The average Bonchev–Trinajstić information content (AvgIpc) is 3.25. The number of carbonyl (C=O) groups excluding carboxylic acids is 2. The Morgan fingerprint density at radius 3 is 2.80 bits per heavy atom. The maximum atomic E-state index is 13.0. The number of thioether (sulfide) groups is 1. The largest absolute Gasteiger partial charge is 0.346 e. The molecule has 0 aliphatic carbocycles. The Hall–Kier alpha value is -2.35. The number of amides is 2. The van der Waals surface area contributed by atoms with E-state index in [1.165, 1.54) is 23.9 Å². The van der Waals surface area contributed by atoms with Crippen LogP contribution in [0.4, 0.5) is 10.1 Å². The number of fused-ring (bicyclic) bond motifs is 1. The van der Waals surface area contributed by atoms with E-state index in [-0.39, 0.29) is 30.1 Å². The Balaban J connectivity index is 1.43. The van der Waals surface area contributed by atoms with Crippen molar-refractivity contribution in [2.45, 2.75) is 19.4 Å². The Bertz CT molecular complexity index is 805. The van der Waals surface area contributed by atoms with Crippen molar-refractivity contribution in [2.75, 3.05) is 24.5 Å². The SMILES string of the molecule is CC1=C(C(=O)NC2CC(=O)N(c3ccc(F)cc3)C2)SC2=NCCN21. The number of carbonyl (C=O) groups is 2. The van der Waals surface area contributed by atoms with Gasteiger partial charge >= 0.3 is 0 Å².